The van der Waals surface area contributed by atoms with E-state index in [4.69, 9.17) is 4.74 Å². The van der Waals surface area contributed by atoms with E-state index in [0.717, 1.165) is 30.6 Å². The summed E-state index contributed by atoms with van der Waals surface area (Å²) in [7, 11) is 0. The zero-order chi connectivity index (χ0) is 15.1. The first kappa shape index (κ1) is 15.0. The Labute approximate surface area is 123 Å². The fourth-order valence-electron chi connectivity index (χ4n) is 1.56. The molecule has 6 nitrogen and oxygen atoms in total. The molecule has 1 aromatic rings. The van der Waals surface area contributed by atoms with Crippen LogP contribution in [0.25, 0.3) is 0 Å². The average molecular weight is 289 g/mol. The Balaban J connectivity index is 1.77. The molecule has 1 aliphatic carbocycles. The number of carbonyl (C=O) groups excluding carboxylic acids is 2. The number of nitrogens with zero attached hydrogens (tertiary/aromatic N) is 1. The molecular weight excluding hydrogens is 270 g/mol. The van der Waals surface area contributed by atoms with E-state index in [0.29, 0.717) is 6.61 Å². The van der Waals surface area contributed by atoms with Gasteiger partial charge in [-0.3, -0.25) is 9.59 Å². The highest BCUT2D eigenvalue weighted by atomic mass is 16.5. The minimum absolute atomic E-state index is 0.155. The molecule has 2 amide bonds. The molecule has 21 heavy (non-hydrogen) atoms. The zero-order valence-electron chi connectivity index (χ0n) is 12.0. The summed E-state index contributed by atoms with van der Waals surface area (Å²) in [5.41, 5.74) is 3.01. The molecule has 2 rings (SSSR count). The molecule has 0 saturated heterocycles. The average Bonchev–Trinajstić information content (AvgIpc) is 3.30. The molecule has 0 aliphatic heterocycles. The van der Waals surface area contributed by atoms with E-state index in [9.17, 15) is 9.59 Å². The molecule has 0 atom stereocenters. The fourth-order valence-corrected chi connectivity index (χ4v) is 1.56. The third-order valence-electron chi connectivity index (χ3n) is 2.85. The van der Waals surface area contributed by atoms with Crippen LogP contribution in [0.3, 0.4) is 0 Å². The molecule has 2 N–H and O–H groups in total. The first-order chi connectivity index (χ1) is 10.2. The van der Waals surface area contributed by atoms with Gasteiger partial charge in [-0.2, -0.15) is 5.10 Å². The van der Waals surface area contributed by atoms with E-state index < -0.39 is 11.8 Å². The van der Waals surface area contributed by atoms with E-state index in [1.807, 2.05) is 31.2 Å². The van der Waals surface area contributed by atoms with E-state index in [1.54, 1.807) is 0 Å². The summed E-state index contributed by atoms with van der Waals surface area (Å²) in [5, 5.41) is 6.34. The lowest BCUT2D eigenvalue weighted by Gasteiger charge is -2.04. The minimum atomic E-state index is -0.749. The maximum absolute atomic E-state index is 11.4. The zero-order valence-corrected chi connectivity index (χ0v) is 12.0. The molecular formula is C15H19N3O3. The number of nitrogens with one attached hydrogen (secondary N) is 2. The van der Waals surface area contributed by atoms with Gasteiger partial charge in [0.15, 0.2) is 0 Å². The SMILES string of the molecule is CCCOc1ccc(/C=N\NC(=O)C(=O)NC2CC2)cc1. The number of hydrazone groups is 1. The minimum Gasteiger partial charge on any atom is -0.494 e. The van der Waals surface area contributed by atoms with Gasteiger partial charge in [0, 0.05) is 6.04 Å². The predicted octanol–water partition coefficient (Wildman–Crippen LogP) is 1.20. The van der Waals surface area contributed by atoms with Crippen LogP contribution in [0.1, 0.15) is 31.7 Å². The fraction of sp³-hybridized carbons (Fsp3) is 0.400. The molecule has 1 aliphatic rings. The van der Waals surface area contributed by atoms with Crippen molar-refractivity contribution in [3.63, 3.8) is 0 Å². The van der Waals surface area contributed by atoms with Gasteiger partial charge in [-0.25, -0.2) is 5.43 Å². The summed E-state index contributed by atoms with van der Waals surface area (Å²) in [6.45, 7) is 2.72. The number of ether oxygens (including phenoxy) is 1. The standard InChI is InChI=1S/C15H19N3O3/c1-2-9-21-13-7-3-11(4-8-13)10-16-18-15(20)14(19)17-12-5-6-12/h3-4,7-8,10,12H,2,5-6,9H2,1H3,(H,17,19)(H,18,20)/b16-10-. The second kappa shape index (κ2) is 7.42. The van der Waals surface area contributed by atoms with Gasteiger partial charge in [0.05, 0.1) is 12.8 Å². The van der Waals surface area contributed by atoms with Gasteiger partial charge in [0.1, 0.15) is 5.75 Å². The van der Waals surface area contributed by atoms with Crippen LogP contribution in [0, 0.1) is 0 Å². The number of amides is 2. The van der Waals surface area contributed by atoms with Crippen LogP contribution >= 0.6 is 0 Å². The van der Waals surface area contributed by atoms with Crippen molar-refractivity contribution in [3.05, 3.63) is 29.8 Å². The summed E-state index contributed by atoms with van der Waals surface area (Å²) >= 11 is 0. The number of rotatable bonds is 6. The normalized spacial score (nSPS) is 14.0. The Morgan fingerprint density at radius 2 is 2.00 bits per heavy atom. The van der Waals surface area contributed by atoms with Gasteiger partial charge in [0.25, 0.3) is 0 Å². The van der Waals surface area contributed by atoms with Crippen LogP contribution in [0.4, 0.5) is 0 Å². The number of benzene rings is 1. The highest BCUT2D eigenvalue weighted by molar-refractivity contribution is 6.35. The Bertz CT molecular complexity index is 521. The molecule has 0 radical (unpaired) electrons. The van der Waals surface area contributed by atoms with Crippen molar-refractivity contribution in [2.75, 3.05) is 6.61 Å². The lowest BCUT2D eigenvalue weighted by atomic mass is 10.2. The van der Waals surface area contributed by atoms with Gasteiger partial charge in [-0.05, 0) is 49.1 Å². The van der Waals surface area contributed by atoms with Crippen LogP contribution in [0.15, 0.2) is 29.4 Å². The molecule has 0 heterocycles. The summed E-state index contributed by atoms with van der Waals surface area (Å²) in [5.74, 6) is -0.596. The largest absolute Gasteiger partial charge is 0.494 e. The molecule has 112 valence electrons. The maximum atomic E-state index is 11.4. The van der Waals surface area contributed by atoms with Crippen LogP contribution in [-0.2, 0) is 9.59 Å². The van der Waals surface area contributed by atoms with E-state index in [-0.39, 0.29) is 6.04 Å². The Hall–Kier alpha value is -2.37. The molecule has 6 heteroatoms. The van der Waals surface area contributed by atoms with Gasteiger partial charge in [-0.1, -0.05) is 6.92 Å². The molecule has 1 fully saturated rings. The second-order valence-corrected chi connectivity index (χ2v) is 4.86. The number of hydrogen-bond donors (Lipinski definition) is 2. The van der Waals surface area contributed by atoms with Crippen molar-refractivity contribution < 1.29 is 14.3 Å². The summed E-state index contributed by atoms with van der Waals surface area (Å²) in [4.78, 5) is 22.8. The van der Waals surface area contributed by atoms with Crippen LogP contribution in [0.2, 0.25) is 0 Å². The summed E-state index contributed by atoms with van der Waals surface area (Å²) in [6, 6.07) is 7.47. The smallest absolute Gasteiger partial charge is 0.329 e. The monoisotopic (exact) mass is 289 g/mol. The third kappa shape index (κ3) is 5.25. The van der Waals surface area contributed by atoms with Gasteiger partial charge in [-0.15, -0.1) is 0 Å². The molecule has 0 unspecified atom stereocenters. The Morgan fingerprint density at radius 3 is 2.62 bits per heavy atom. The summed E-state index contributed by atoms with van der Waals surface area (Å²) in [6.07, 6.45) is 4.31. The van der Waals surface area contributed by atoms with Crippen LogP contribution < -0.4 is 15.5 Å². The van der Waals surface area contributed by atoms with Gasteiger partial charge < -0.3 is 10.1 Å². The lowest BCUT2D eigenvalue weighted by molar-refractivity contribution is -0.139. The van der Waals surface area contributed by atoms with Crippen molar-refractivity contribution in [2.24, 2.45) is 5.10 Å². The van der Waals surface area contributed by atoms with Crippen molar-refractivity contribution in [3.8, 4) is 5.75 Å². The van der Waals surface area contributed by atoms with Crippen LogP contribution in [-0.4, -0.2) is 30.7 Å². The number of carbonyl (C=O) groups is 2. The lowest BCUT2D eigenvalue weighted by Crippen LogP contribution is -2.38. The summed E-state index contributed by atoms with van der Waals surface area (Å²) < 4.78 is 5.46. The topological polar surface area (TPSA) is 79.8 Å². The van der Waals surface area contributed by atoms with Crippen molar-refractivity contribution >= 4 is 18.0 Å². The van der Waals surface area contributed by atoms with Crippen molar-refractivity contribution in [1.82, 2.24) is 10.7 Å². The third-order valence-corrected chi connectivity index (χ3v) is 2.85. The number of hydrogen-bond acceptors (Lipinski definition) is 4. The Morgan fingerprint density at radius 1 is 1.29 bits per heavy atom. The first-order valence-corrected chi connectivity index (χ1v) is 7.06. The van der Waals surface area contributed by atoms with E-state index in [1.165, 1.54) is 6.21 Å². The van der Waals surface area contributed by atoms with Gasteiger partial charge >= 0.3 is 11.8 Å². The Kier molecular flexibility index (Phi) is 5.31. The quantitative estimate of drug-likeness (QED) is 0.469. The second-order valence-electron chi connectivity index (χ2n) is 4.86. The van der Waals surface area contributed by atoms with Crippen molar-refractivity contribution in [1.29, 1.82) is 0 Å². The van der Waals surface area contributed by atoms with E-state index >= 15 is 0 Å². The highest BCUT2D eigenvalue weighted by Crippen LogP contribution is 2.18. The molecule has 1 aromatic carbocycles. The molecule has 0 bridgehead atoms. The predicted molar refractivity (Wildman–Crippen MR) is 79.1 cm³/mol. The van der Waals surface area contributed by atoms with Crippen LogP contribution in [0.5, 0.6) is 5.75 Å². The maximum Gasteiger partial charge on any atom is 0.329 e. The van der Waals surface area contributed by atoms with Gasteiger partial charge in [0.2, 0.25) is 0 Å². The molecule has 0 spiro atoms. The molecule has 1 saturated carbocycles. The molecule has 0 aromatic heterocycles. The van der Waals surface area contributed by atoms with E-state index in [2.05, 4.69) is 15.8 Å². The highest BCUT2D eigenvalue weighted by Gasteiger charge is 2.26. The first-order valence-electron chi connectivity index (χ1n) is 7.06. The van der Waals surface area contributed by atoms with Crippen molar-refractivity contribution in [2.45, 2.75) is 32.2 Å².